The van der Waals surface area contributed by atoms with Gasteiger partial charge in [-0.3, -0.25) is 0 Å². The monoisotopic (exact) mass is 248 g/mol. The van der Waals surface area contributed by atoms with Crippen LogP contribution in [-0.2, 0) is 0 Å². The smallest absolute Gasteiger partial charge is 0.427 e. The van der Waals surface area contributed by atoms with E-state index in [-0.39, 0.29) is 11.3 Å². The number of rotatable bonds is 3. The van der Waals surface area contributed by atoms with E-state index in [1.165, 1.54) is 24.3 Å². The number of carboxylic acid groups (broad SMARTS) is 1. The van der Waals surface area contributed by atoms with Crippen LogP contribution >= 0.6 is 0 Å². The van der Waals surface area contributed by atoms with Crippen molar-refractivity contribution < 1.29 is 27.8 Å². The molecule has 0 atom stereocenters. The van der Waals surface area contributed by atoms with Crippen molar-refractivity contribution in [1.29, 1.82) is 0 Å². The van der Waals surface area contributed by atoms with Crippen molar-refractivity contribution in [2.24, 2.45) is 0 Å². The molecule has 0 aromatic heterocycles. The van der Waals surface area contributed by atoms with E-state index in [0.29, 0.717) is 0 Å². The number of carboxylic acids is 1. The SMILES string of the molecule is CC(C)(Oc1ccccc1C(=O)O)C(F)(F)F. The lowest BCUT2D eigenvalue weighted by Gasteiger charge is -2.29. The summed E-state index contributed by atoms with van der Waals surface area (Å²) in [5.74, 6) is -1.64. The molecule has 3 nitrogen and oxygen atoms in total. The molecule has 0 spiro atoms. The van der Waals surface area contributed by atoms with E-state index < -0.39 is 17.7 Å². The Morgan fingerprint density at radius 3 is 2.24 bits per heavy atom. The van der Waals surface area contributed by atoms with Crippen molar-refractivity contribution in [2.75, 3.05) is 0 Å². The Hall–Kier alpha value is -1.72. The Kier molecular flexibility index (Phi) is 3.35. The van der Waals surface area contributed by atoms with Gasteiger partial charge in [-0.05, 0) is 26.0 Å². The summed E-state index contributed by atoms with van der Waals surface area (Å²) in [6.07, 6.45) is -4.58. The van der Waals surface area contributed by atoms with E-state index in [9.17, 15) is 18.0 Å². The van der Waals surface area contributed by atoms with Crippen molar-refractivity contribution in [1.82, 2.24) is 0 Å². The van der Waals surface area contributed by atoms with Gasteiger partial charge in [0.05, 0.1) is 0 Å². The van der Waals surface area contributed by atoms with E-state index in [2.05, 4.69) is 0 Å². The molecule has 1 N–H and O–H groups in total. The molecule has 0 amide bonds. The third kappa shape index (κ3) is 2.89. The highest BCUT2D eigenvalue weighted by Gasteiger charge is 2.50. The summed E-state index contributed by atoms with van der Waals surface area (Å²) in [4.78, 5) is 10.8. The Bertz CT molecular complexity index is 424. The van der Waals surface area contributed by atoms with Gasteiger partial charge in [-0.15, -0.1) is 0 Å². The molecule has 0 aliphatic heterocycles. The summed E-state index contributed by atoms with van der Waals surface area (Å²) in [5.41, 5.74) is -2.75. The van der Waals surface area contributed by atoms with Crippen molar-refractivity contribution in [3.05, 3.63) is 29.8 Å². The standard InChI is InChI=1S/C11H11F3O3/c1-10(2,11(12,13)14)17-8-6-4-3-5-7(8)9(15)16/h3-6H,1-2H3,(H,15,16). The lowest BCUT2D eigenvalue weighted by Crippen LogP contribution is -2.44. The Morgan fingerprint density at radius 1 is 1.24 bits per heavy atom. The molecular weight excluding hydrogens is 237 g/mol. The molecule has 0 fully saturated rings. The molecule has 1 aromatic rings. The summed E-state index contributed by atoms with van der Waals surface area (Å²) in [7, 11) is 0. The molecule has 0 radical (unpaired) electrons. The van der Waals surface area contributed by atoms with Crippen molar-refractivity contribution in [3.8, 4) is 5.75 Å². The second-order valence-electron chi connectivity index (χ2n) is 3.91. The Labute approximate surface area is 95.8 Å². The van der Waals surface area contributed by atoms with Gasteiger partial charge >= 0.3 is 12.1 Å². The van der Waals surface area contributed by atoms with Crippen LogP contribution in [0.15, 0.2) is 24.3 Å². The quantitative estimate of drug-likeness (QED) is 0.893. The zero-order chi connectivity index (χ0) is 13.3. The number of carbonyl (C=O) groups is 1. The van der Waals surface area contributed by atoms with E-state index in [4.69, 9.17) is 9.84 Å². The largest absolute Gasteiger partial charge is 0.478 e. The molecule has 0 aliphatic rings. The lowest BCUT2D eigenvalue weighted by molar-refractivity contribution is -0.234. The van der Waals surface area contributed by atoms with E-state index in [1.807, 2.05) is 0 Å². The van der Waals surface area contributed by atoms with Crippen molar-refractivity contribution in [2.45, 2.75) is 25.6 Å². The van der Waals surface area contributed by atoms with Gasteiger partial charge in [0.15, 0.2) is 5.60 Å². The molecule has 0 saturated heterocycles. The minimum absolute atomic E-state index is 0.301. The molecule has 0 saturated carbocycles. The lowest BCUT2D eigenvalue weighted by atomic mass is 10.1. The molecule has 0 unspecified atom stereocenters. The normalized spacial score (nSPS) is 12.3. The fraction of sp³-hybridized carbons (Fsp3) is 0.364. The van der Waals surface area contributed by atoms with Crippen LogP contribution < -0.4 is 4.74 Å². The first kappa shape index (κ1) is 13.3. The highest BCUT2D eigenvalue weighted by atomic mass is 19.4. The number of benzene rings is 1. The summed E-state index contributed by atoms with van der Waals surface area (Å²) in [6, 6.07) is 5.20. The first-order chi connectivity index (χ1) is 7.65. The third-order valence-corrected chi connectivity index (χ3v) is 2.17. The fourth-order valence-corrected chi connectivity index (χ4v) is 1.07. The first-order valence-corrected chi connectivity index (χ1v) is 4.73. The number of ether oxygens (including phenoxy) is 1. The molecule has 0 bridgehead atoms. The number of hydrogen-bond donors (Lipinski definition) is 1. The molecule has 1 aromatic carbocycles. The zero-order valence-electron chi connectivity index (χ0n) is 9.21. The van der Waals surface area contributed by atoms with Gasteiger partial charge in [-0.2, -0.15) is 13.2 Å². The maximum atomic E-state index is 12.6. The maximum absolute atomic E-state index is 12.6. The minimum Gasteiger partial charge on any atom is -0.478 e. The molecule has 0 aliphatic carbocycles. The molecule has 1 rings (SSSR count). The van der Waals surface area contributed by atoms with Gasteiger partial charge in [0.1, 0.15) is 11.3 Å². The van der Waals surface area contributed by atoms with Crippen LogP contribution in [0.1, 0.15) is 24.2 Å². The van der Waals surface area contributed by atoms with E-state index in [1.54, 1.807) is 0 Å². The average molecular weight is 248 g/mol. The summed E-state index contributed by atoms with van der Waals surface area (Å²) < 4.78 is 42.5. The average Bonchev–Trinajstić information content (AvgIpc) is 2.15. The van der Waals surface area contributed by atoms with Gasteiger partial charge in [-0.25, -0.2) is 4.79 Å². The van der Waals surface area contributed by atoms with Gasteiger partial charge in [0.2, 0.25) is 0 Å². The number of aromatic carboxylic acids is 1. The number of para-hydroxylation sites is 1. The van der Waals surface area contributed by atoms with Gasteiger partial charge in [0.25, 0.3) is 0 Å². The van der Waals surface area contributed by atoms with Crippen LogP contribution in [-0.4, -0.2) is 22.9 Å². The molecule has 6 heteroatoms. The van der Waals surface area contributed by atoms with Crippen LogP contribution in [0, 0.1) is 0 Å². The summed E-state index contributed by atoms with van der Waals surface area (Å²) >= 11 is 0. The number of alkyl halides is 3. The second kappa shape index (κ2) is 4.27. The second-order valence-corrected chi connectivity index (χ2v) is 3.91. The van der Waals surface area contributed by atoms with E-state index in [0.717, 1.165) is 13.8 Å². The summed E-state index contributed by atoms with van der Waals surface area (Å²) in [5, 5.41) is 8.80. The van der Waals surface area contributed by atoms with Crippen LogP contribution in [0.5, 0.6) is 5.75 Å². The fourth-order valence-electron chi connectivity index (χ4n) is 1.07. The third-order valence-electron chi connectivity index (χ3n) is 2.17. The predicted octanol–water partition coefficient (Wildman–Crippen LogP) is 3.10. The van der Waals surface area contributed by atoms with Gasteiger partial charge in [-0.1, -0.05) is 12.1 Å². The van der Waals surface area contributed by atoms with Crippen LogP contribution in [0.4, 0.5) is 13.2 Å². The summed E-state index contributed by atoms with van der Waals surface area (Å²) in [6.45, 7) is 1.68. The first-order valence-electron chi connectivity index (χ1n) is 4.73. The predicted molar refractivity (Wildman–Crippen MR) is 54.2 cm³/mol. The highest BCUT2D eigenvalue weighted by molar-refractivity contribution is 5.90. The molecular formula is C11H11F3O3. The molecule has 0 heterocycles. The Morgan fingerprint density at radius 2 is 1.76 bits per heavy atom. The van der Waals surface area contributed by atoms with Gasteiger partial charge in [0, 0.05) is 0 Å². The van der Waals surface area contributed by atoms with Gasteiger partial charge < -0.3 is 9.84 Å². The zero-order valence-corrected chi connectivity index (χ0v) is 9.21. The van der Waals surface area contributed by atoms with E-state index >= 15 is 0 Å². The topological polar surface area (TPSA) is 46.5 Å². The maximum Gasteiger partial charge on any atom is 0.427 e. The molecule has 94 valence electrons. The molecule has 17 heavy (non-hydrogen) atoms. The van der Waals surface area contributed by atoms with Crippen LogP contribution in [0.2, 0.25) is 0 Å². The van der Waals surface area contributed by atoms with Crippen molar-refractivity contribution in [3.63, 3.8) is 0 Å². The Balaban J connectivity index is 3.08. The number of hydrogen-bond acceptors (Lipinski definition) is 2. The van der Waals surface area contributed by atoms with Crippen LogP contribution in [0.25, 0.3) is 0 Å². The van der Waals surface area contributed by atoms with Crippen LogP contribution in [0.3, 0.4) is 0 Å². The highest BCUT2D eigenvalue weighted by Crippen LogP contribution is 2.35. The minimum atomic E-state index is -4.58. The number of halogens is 3. The van der Waals surface area contributed by atoms with Crippen molar-refractivity contribution >= 4 is 5.97 Å².